The standard InChI is InChI=1S/C51H44N2.C15H18/c1-52(48-22-12-20-43(23-30-48)40-14-5-2-6-15-40)49-31-24-45(25-32-49)46-28-35-51(36-29-46)53(50-33-26-44(27-34-50)41-16-7-3-8-17-41)38-39-13-11-21-47(37-39)42-18-9-4-10-19-42;1-2-4-8-12(7-3-1)14-10-6-5-9-13-11-15(13)14/h2-12,14-21,23-37,39H,13,22,38H2,1H3;3,5-8,10,13,15H,1-2,4,9,11H2. The van der Waals surface area contributed by atoms with Crippen molar-refractivity contribution in [1.82, 2.24) is 0 Å². The van der Waals surface area contributed by atoms with Crippen LogP contribution in [0, 0.1) is 17.8 Å². The topological polar surface area (TPSA) is 6.48 Å². The highest BCUT2D eigenvalue weighted by atomic mass is 15.1. The van der Waals surface area contributed by atoms with Gasteiger partial charge in [0.1, 0.15) is 0 Å². The molecule has 0 bridgehead atoms. The molecule has 6 aromatic carbocycles. The van der Waals surface area contributed by atoms with Gasteiger partial charge in [-0.25, -0.2) is 0 Å². The normalized spacial score (nSPS) is 19.2. The highest BCUT2D eigenvalue weighted by Gasteiger charge is 2.39. The second kappa shape index (κ2) is 21.5. The van der Waals surface area contributed by atoms with Crippen LogP contribution < -0.4 is 9.80 Å². The van der Waals surface area contributed by atoms with Gasteiger partial charge in [0, 0.05) is 42.8 Å². The van der Waals surface area contributed by atoms with Crippen LogP contribution in [0.4, 0.5) is 17.1 Å². The summed E-state index contributed by atoms with van der Waals surface area (Å²) in [5.41, 5.74) is 17.9. The quantitative estimate of drug-likeness (QED) is 0.128. The molecule has 2 nitrogen and oxygen atoms in total. The maximum atomic E-state index is 2.48. The molecule has 5 aliphatic rings. The van der Waals surface area contributed by atoms with E-state index in [9.17, 15) is 0 Å². The first-order valence-corrected chi connectivity index (χ1v) is 24.8. The lowest BCUT2D eigenvalue weighted by Crippen LogP contribution is -2.24. The van der Waals surface area contributed by atoms with E-state index in [1.54, 1.807) is 5.57 Å². The van der Waals surface area contributed by atoms with Crippen LogP contribution in [0.3, 0.4) is 0 Å². The van der Waals surface area contributed by atoms with Gasteiger partial charge in [0.15, 0.2) is 0 Å². The van der Waals surface area contributed by atoms with Crippen molar-refractivity contribution in [2.24, 2.45) is 17.8 Å². The Labute approximate surface area is 405 Å². The minimum atomic E-state index is 0.382. The van der Waals surface area contributed by atoms with Crippen LogP contribution in [-0.4, -0.2) is 13.6 Å². The Balaban J connectivity index is 0.000000302. The molecule has 0 spiro atoms. The lowest BCUT2D eigenvalue weighted by molar-refractivity contribution is 0.659. The van der Waals surface area contributed by atoms with E-state index < -0.39 is 0 Å². The van der Waals surface area contributed by atoms with Gasteiger partial charge in [-0.1, -0.05) is 200 Å². The number of hydrogen-bond acceptors (Lipinski definition) is 2. The van der Waals surface area contributed by atoms with Crippen molar-refractivity contribution in [3.05, 3.63) is 271 Å². The minimum Gasteiger partial charge on any atom is -0.348 e. The SMILES string of the molecule is C1=CCC2CC2C(C2=CCCCC=C2)=C1.CN(C1=CC=C(c2ccccc2)C=CC1)c1ccc(-c2ccc(N(CC3C=C(c4ccccc4)C=CC3)c3ccc(-c4ccccc4)cc3)cc2)cc1. The molecule has 0 amide bonds. The van der Waals surface area contributed by atoms with Crippen molar-refractivity contribution < 1.29 is 0 Å². The van der Waals surface area contributed by atoms with E-state index in [1.165, 1.54) is 105 Å². The van der Waals surface area contributed by atoms with Crippen molar-refractivity contribution in [1.29, 1.82) is 0 Å². The summed E-state index contributed by atoms with van der Waals surface area (Å²) in [5, 5.41) is 0. The smallest absolute Gasteiger partial charge is 0.0411 e. The zero-order chi connectivity index (χ0) is 45.9. The van der Waals surface area contributed by atoms with Gasteiger partial charge in [0.25, 0.3) is 0 Å². The van der Waals surface area contributed by atoms with E-state index in [-0.39, 0.29) is 0 Å². The predicted molar refractivity (Wildman–Crippen MR) is 292 cm³/mol. The molecule has 0 heterocycles. The second-order valence-corrected chi connectivity index (χ2v) is 18.7. The number of nitrogens with zero attached hydrogens (tertiary/aromatic N) is 2. The molecular formula is C66H62N2. The third-order valence-electron chi connectivity index (χ3n) is 14.1. The Morgan fingerprint density at radius 2 is 1.03 bits per heavy atom. The molecule has 0 saturated heterocycles. The molecule has 2 heteroatoms. The Kier molecular flexibility index (Phi) is 14.0. The Hall–Kier alpha value is -7.42. The van der Waals surface area contributed by atoms with Crippen LogP contribution in [0.2, 0.25) is 0 Å². The first-order chi connectivity index (χ1) is 33.6. The third-order valence-corrected chi connectivity index (χ3v) is 14.1. The summed E-state index contributed by atoms with van der Waals surface area (Å²) in [6.07, 6.45) is 38.5. The fourth-order valence-electron chi connectivity index (χ4n) is 10.1. The number of allylic oxidation sites excluding steroid dienone is 16. The van der Waals surface area contributed by atoms with E-state index in [0.29, 0.717) is 5.92 Å². The molecule has 1 saturated carbocycles. The van der Waals surface area contributed by atoms with E-state index in [0.717, 1.165) is 31.2 Å². The van der Waals surface area contributed by atoms with Crippen LogP contribution in [0.5, 0.6) is 0 Å². The molecule has 0 aliphatic heterocycles. The number of benzene rings is 6. The first kappa shape index (κ1) is 44.4. The molecule has 0 radical (unpaired) electrons. The van der Waals surface area contributed by atoms with E-state index in [4.69, 9.17) is 0 Å². The average molecular weight is 883 g/mol. The van der Waals surface area contributed by atoms with Gasteiger partial charge >= 0.3 is 0 Å². The van der Waals surface area contributed by atoms with E-state index >= 15 is 0 Å². The molecule has 1 fully saturated rings. The molecule has 3 unspecified atom stereocenters. The lowest BCUT2D eigenvalue weighted by atomic mass is 9.91. The summed E-state index contributed by atoms with van der Waals surface area (Å²) >= 11 is 0. The zero-order valence-electron chi connectivity index (χ0n) is 39.4. The third kappa shape index (κ3) is 10.9. The summed E-state index contributed by atoms with van der Waals surface area (Å²) < 4.78 is 0. The molecule has 6 aromatic rings. The number of hydrogen-bond donors (Lipinski definition) is 0. The Bertz CT molecular complexity index is 2920. The van der Waals surface area contributed by atoms with Crippen LogP contribution >= 0.6 is 0 Å². The summed E-state index contributed by atoms with van der Waals surface area (Å²) in [4.78, 5) is 4.77. The van der Waals surface area contributed by atoms with E-state index in [2.05, 4.69) is 260 Å². The lowest BCUT2D eigenvalue weighted by Gasteiger charge is -2.30. The first-order valence-electron chi connectivity index (χ1n) is 24.8. The Morgan fingerprint density at radius 1 is 0.471 bits per heavy atom. The molecule has 3 atom stereocenters. The minimum absolute atomic E-state index is 0.382. The Morgan fingerprint density at radius 3 is 1.68 bits per heavy atom. The average Bonchev–Trinajstić information content (AvgIpc) is 4.27. The molecule has 0 aromatic heterocycles. The van der Waals surface area contributed by atoms with Gasteiger partial charge in [0.2, 0.25) is 0 Å². The number of rotatable bonds is 11. The van der Waals surface area contributed by atoms with Crippen molar-refractivity contribution in [3.63, 3.8) is 0 Å². The molecule has 11 rings (SSSR count). The van der Waals surface area contributed by atoms with Crippen LogP contribution in [0.1, 0.15) is 56.1 Å². The fraction of sp³-hybridized carbons (Fsp3) is 0.182. The fourth-order valence-corrected chi connectivity index (χ4v) is 10.1. The van der Waals surface area contributed by atoms with Gasteiger partial charge in [-0.05, 0) is 154 Å². The summed E-state index contributed by atoms with van der Waals surface area (Å²) in [6.45, 7) is 0.888. The van der Waals surface area contributed by atoms with Gasteiger partial charge in [-0.3, -0.25) is 0 Å². The second-order valence-electron chi connectivity index (χ2n) is 18.7. The maximum absolute atomic E-state index is 2.48. The number of anilines is 3. The highest BCUT2D eigenvalue weighted by Crippen LogP contribution is 2.50. The summed E-state index contributed by atoms with van der Waals surface area (Å²) in [6, 6.07) is 59.0. The maximum Gasteiger partial charge on any atom is 0.0411 e. The predicted octanol–water partition coefficient (Wildman–Crippen LogP) is 17.4. The van der Waals surface area contributed by atoms with Crippen LogP contribution in [0.25, 0.3) is 33.4 Å². The highest BCUT2D eigenvalue weighted by molar-refractivity contribution is 5.78. The van der Waals surface area contributed by atoms with Crippen LogP contribution in [0.15, 0.2) is 260 Å². The van der Waals surface area contributed by atoms with Gasteiger partial charge in [0.05, 0.1) is 0 Å². The van der Waals surface area contributed by atoms with Crippen molar-refractivity contribution in [2.45, 2.75) is 44.9 Å². The van der Waals surface area contributed by atoms with Crippen molar-refractivity contribution in [3.8, 4) is 22.3 Å². The van der Waals surface area contributed by atoms with Crippen molar-refractivity contribution >= 4 is 28.2 Å². The molecule has 336 valence electrons. The van der Waals surface area contributed by atoms with Gasteiger partial charge < -0.3 is 9.80 Å². The van der Waals surface area contributed by atoms with Gasteiger partial charge in [-0.15, -0.1) is 0 Å². The van der Waals surface area contributed by atoms with Crippen molar-refractivity contribution in [2.75, 3.05) is 23.4 Å². The monoisotopic (exact) mass is 882 g/mol. The van der Waals surface area contributed by atoms with E-state index in [1.807, 2.05) is 0 Å². The summed E-state index contributed by atoms with van der Waals surface area (Å²) in [5.74, 6) is 2.20. The zero-order valence-corrected chi connectivity index (χ0v) is 39.4. The van der Waals surface area contributed by atoms with Gasteiger partial charge in [-0.2, -0.15) is 0 Å². The molecule has 5 aliphatic carbocycles. The molecular weight excluding hydrogens is 821 g/mol. The summed E-state index contributed by atoms with van der Waals surface area (Å²) in [7, 11) is 2.16. The number of fused-ring (bicyclic) bond motifs is 1. The van der Waals surface area contributed by atoms with Crippen LogP contribution in [-0.2, 0) is 0 Å². The molecule has 0 N–H and O–H groups in total. The molecule has 68 heavy (non-hydrogen) atoms. The largest absolute Gasteiger partial charge is 0.348 e.